The SMILES string of the molecule is CC1(C)CC(I)CCC1(C)CI. The summed E-state index contributed by atoms with van der Waals surface area (Å²) in [6, 6.07) is 0. The molecule has 0 aliphatic heterocycles. The molecule has 2 unspecified atom stereocenters. The maximum atomic E-state index is 2.61. The molecule has 0 bridgehead atoms. The molecule has 0 aromatic carbocycles. The van der Waals surface area contributed by atoms with E-state index >= 15 is 0 Å². The third-order valence-electron chi connectivity index (χ3n) is 3.67. The van der Waals surface area contributed by atoms with Crippen molar-refractivity contribution < 1.29 is 0 Å². The lowest BCUT2D eigenvalue weighted by Crippen LogP contribution is -2.42. The Labute approximate surface area is 104 Å². The average Bonchev–Trinajstić information content (AvgIpc) is 1.97. The molecular formula is C10H18I2. The van der Waals surface area contributed by atoms with Gasteiger partial charge >= 0.3 is 0 Å². The van der Waals surface area contributed by atoms with Gasteiger partial charge in [-0.05, 0) is 30.1 Å². The Hall–Kier alpha value is 1.46. The Morgan fingerprint density at radius 3 is 2.33 bits per heavy atom. The number of alkyl halides is 2. The molecule has 1 fully saturated rings. The Balaban J connectivity index is 2.77. The second kappa shape index (κ2) is 3.91. The first-order valence-corrected chi connectivity index (χ1v) is 7.38. The highest BCUT2D eigenvalue weighted by Gasteiger charge is 2.44. The minimum Gasteiger partial charge on any atom is -0.0858 e. The van der Waals surface area contributed by atoms with Crippen LogP contribution in [-0.2, 0) is 0 Å². The number of hydrogen-bond donors (Lipinski definition) is 0. The van der Waals surface area contributed by atoms with Crippen LogP contribution in [0.3, 0.4) is 0 Å². The van der Waals surface area contributed by atoms with Gasteiger partial charge in [0, 0.05) is 8.35 Å². The van der Waals surface area contributed by atoms with Gasteiger partial charge in [-0.2, -0.15) is 0 Å². The van der Waals surface area contributed by atoms with Crippen LogP contribution in [0.4, 0.5) is 0 Å². The van der Waals surface area contributed by atoms with Crippen molar-refractivity contribution in [1.82, 2.24) is 0 Å². The summed E-state index contributed by atoms with van der Waals surface area (Å²) < 4.78 is 2.22. The number of rotatable bonds is 1. The quantitative estimate of drug-likeness (QED) is 0.457. The molecule has 0 spiro atoms. The van der Waals surface area contributed by atoms with Gasteiger partial charge in [-0.3, -0.25) is 0 Å². The van der Waals surface area contributed by atoms with E-state index in [1.54, 1.807) is 0 Å². The number of halogens is 2. The zero-order valence-corrected chi connectivity index (χ0v) is 12.5. The van der Waals surface area contributed by atoms with Gasteiger partial charge in [0.15, 0.2) is 0 Å². The van der Waals surface area contributed by atoms with E-state index in [9.17, 15) is 0 Å². The van der Waals surface area contributed by atoms with Crippen molar-refractivity contribution in [3.05, 3.63) is 0 Å². The Morgan fingerprint density at radius 1 is 1.33 bits per heavy atom. The van der Waals surface area contributed by atoms with Crippen molar-refractivity contribution in [3.8, 4) is 0 Å². The van der Waals surface area contributed by atoms with Gasteiger partial charge in [-0.1, -0.05) is 66.0 Å². The normalized spacial score (nSPS) is 41.2. The molecule has 0 N–H and O–H groups in total. The van der Waals surface area contributed by atoms with Crippen molar-refractivity contribution in [3.63, 3.8) is 0 Å². The molecule has 2 atom stereocenters. The fourth-order valence-electron chi connectivity index (χ4n) is 1.96. The predicted octanol–water partition coefficient (Wildman–Crippen LogP) is 4.44. The lowest BCUT2D eigenvalue weighted by molar-refractivity contribution is 0.0659. The van der Waals surface area contributed by atoms with E-state index in [0.29, 0.717) is 10.8 Å². The van der Waals surface area contributed by atoms with Crippen LogP contribution in [-0.4, -0.2) is 8.35 Å². The van der Waals surface area contributed by atoms with Crippen LogP contribution in [0.2, 0.25) is 0 Å². The third-order valence-corrected chi connectivity index (χ3v) is 6.42. The summed E-state index contributed by atoms with van der Waals surface area (Å²) in [4.78, 5) is 0. The van der Waals surface area contributed by atoms with Crippen LogP contribution >= 0.6 is 45.2 Å². The molecule has 0 aromatic rings. The third kappa shape index (κ3) is 2.10. The van der Waals surface area contributed by atoms with E-state index in [4.69, 9.17) is 0 Å². The van der Waals surface area contributed by atoms with Gasteiger partial charge in [-0.25, -0.2) is 0 Å². The van der Waals surface area contributed by atoms with Crippen molar-refractivity contribution in [2.75, 3.05) is 4.43 Å². The van der Waals surface area contributed by atoms with Crippen LogP contribution in [0, 0.1) is 10.8 Å². The summed E-state index contributed by atoms with van der Waals surface area (Å²) in [5.41, 5.74) is 1.12. The second-order valence-electron chi connectivity index (χ2n) is 4.92. The van der Waals surface area contributed by atoms with Crippen LogP contribution in [0.1, 0.15) is 40.0 Å². The molecule has 1 saturated carbocycles. The zero-order chi connectivity index (χ0) is 9.41. The van der Waals surface area contributed by atoms with E-state index in [0.717, 1.165) is 3.92 Å². The highest BCUT2D eigenvalue weighted by atomic mass is 127. The molecule has 12 heavy (non-hydrogen) atoms. The van der Waals surface area contributed by atoms with E-state index in [-0.39, 0.29) is 0 Å². The van der Waals surface area contributed by atoms with Crippen LogP contribution in [0.15, 0.2) is 0 Å². The zero-order valence-electron chi connectivity index (χ0n) is 8.16. The summed E-state index contributed by atoms with van der Waals surface area (Å²) in [6.07, 6.45) is 4.23. The van der Waals surface area contributed by atoms with Gasteiger partial charge in [0.25, 0.3) is 0 Å². The van der Waals surface area contributed by atoms with E-state index in [1.807, 2.05) is 0 Å². The molecule has 72 valence electrons. The first kappa shape index (κ1) is 11.5. The molecule has 0 aromatic heterocycles. The molecular weight excluding hydrogens is 374 g/mol. The minimum absolute atomic E-state index is 0.540. The van der Waals surface area contributed by atoms with Gasteiger partial charge in [0.05, 0.1) is 0 Å². The van der Waals surface area contributed by atoms with Crippen molar-refractivity contribution in [1.29, 1.82) is 0 Å². The molecule has 1 rings (SSSR count). The van der Waals surface area contributed by atoms with E-state index in [1.165, 1.54) is 23.7 Å². The topological polar surface area (TPSA) is 0 Å². The Kier molecular flexibility index (Phi) is 3.76. The first-order chi connectivity index (χ1) is 5.41. The summed E-state index contributed by atoms with van der Waals surface area (Å²) in [6.45, 7) is 7.34. The monoisotopic (exact) mass is 392 g/mol. The highest BCUT2D eigenvalue weighted by molar-refractivity contribution is 14.1. The van der Waals surface area contributed by atoms with Gasteiger partial charge in [0.2, 0.25) is 0 Å². The molecule has 0 saturated heterocycles. The Morgan fingerprint density at radius 2 is 1.92 bits per heavy atom. The summed E-state index contributed by atoms with van der Waals surface area (Å²) in [5.74, 6) is 0. The van der Waals surface area contributed by atoms with E-state index < -0.39 is 0 Å². The average molecular weight is 392 g/mol. The molecule has 0 amide bonds. The second-order valence-corrected chi connectivity index (χ2v) is 7.44. The van der Waals surface area contributed by atoms with E-state index in [2.05, 4.69) is 66.0 Å². The summed E-state index contributed by atoms with van der Waals surface area (Å²) in [5, 5.41) is 0. The standard InChI is InChI=1S/C10H18I2/c1-9(2)6-8(12)4-5-10(9,3)7-11/h8H,4-7H2,1-3H3. The van der Waals surface area contributed by atoms with Gasteiger partial charge < -0.3 is 0 Å². The summed E-state index contributed by atoms with van der Waals surface area (Å²) >= 11 is 5.17. The smallest absolute Gasteiger partial charge is 0.0115 e. The predicted molar refractivity (Wildman–Crippen MR) is 72.4 cm³/mol. The van der Waals surface area contributed by atoms with Crippen LogP contribution in [0.5, 0.6) is 0 Å². The van der Waals surface area contributed by atoms with Gasteiger partial charge in [0.1, 0.15) is 0 Å². The van der Waals surface area contributed by atoms with Crippen molar-refractivity contribution in [2.45, 2.75) is 44.0 Å². The molecule has 2 heteroatoms. The van der Waals surface area contributed by atoms with Crippen molar-refractivity contribution >= 4 is 45.2 Å². The molecule has 0 heterocycles. The molecule has 0 radical (unpaired) electrons. The number of hydrogen-bond acceptors (Lipinski definition) is 0. The van der Waals surface area contributed by atoms with Crippen LogP contribution in [0.25, 0.3) is 0 Å². The van der Waals surface area contributed by atoms with Crippen molar-refractivity contribution in [2.24, 2.45) is 10.8 Å². The first-order valence-electron chi connectivity index (χ1n) is 4.61. The maximum absolute atomic E-state index is 2.61. The Bertz CT molecular complexity index is 165. The largest absolute Gasteiger partial charge is 0.0858 e. The lowest BCUT2D eigenvalue weighted by atomic mass is 9.60. The maximum Gasteiger partial charge on any atom is 0.0115 e. The van der Waals surface area contributed by atoms with Crippen LogP contribution < -0.4 is 0 Å². The molecule has 1 aliphatic rings. The summed E-state index contributed by atoms with van der Waals surface area (Å²) in [7, 11) is 0. The lowest BCUT2D eigenvalue weighted by Gasteiger charge is -2.49. The fourth-order valence-corrected chi connectivity index (χ4v) is 4.79. The highest BCUT2D eigenvalue weighted by Crippen LogP contribution is 2.52. The molecule has 1 aliphatic carbocycles. The fraction of sp³-hybridized carbons (Fsp3) is 1.00. The molecule has 0 nitrogen and oxygen atoms in total. The van der Waals surface area contributed by atoms with Gasteiger partial charge in [-0.15, -0.1) is 0 Å². The minimum atomic E-state index is 0.540.